The van der Waals surface area contributed by atoms with Gasteiger partial charge in [0.2, 0.25) is 10.0 Å². The van der Waals surface area contributed by atoms with E-state index in [1.165, 1.54) is 10.6 Å². The molecule has 0 aromatic rings. The Balaban J connectivity index is 2.28. The van der Waals surface area contributed by atoms with E-state index in [0.717, 1.165) is 26.1 Å². The van der Waals surface area contributed by atoms with Crippen LogP contribution in [0.1, 0.15) is 12.8 Å². The van der Waals surface area contributed by atoms with Gasteiger partial charge < -0.3 is 4.90 Å². The fourth-order valence-corrected chi connectivity index (χ4v) is 2.49. The van der Waals surface area contributed by atoms with Gasteiger partial charge in [0.1, 0.15) is 0 Å². The number of nitriles is 1. The highest BCUT2D eigenvalue weighted by Gasteiger charge is 2.22. The zero-order chi connectivity index (χ0) is 11.3. The third kappa shape index (κ3) is 4.16. The molecule has 0 atom stereocenters. The molecule has 0 aliphatic carbocycles. The molecule has 0 unspecified atom stereocenters. The van der Waals surface area contributed by atoms with Gasteiger partial charge in [-0.3, -0.25) is 0 Å². The first-order valence-electron chi connectivity index (χ1n) is 5.08. The minimum atomic E-state index is -3.02. The summed E-state index contributed by atoms with van der Waals surface area (Å²) in [7, 11) is -3.02. The maximum absolute atomic E-state index is 11.2. The summed E-state index contributed by atoms with van der Waals surface area (Å²) in [5.74, 6) is 0. The molecule has 0 spiro atoms. The Morgan fingerprint density at radius 3 is 2.33 bits per heavy atom. The Morgan fingerprint density at radius 1 is 1.27 bits per heavy atom. The molecular weight excluding hydrogens is 214 g/mol. The highest BCUT2D eigenvalue weighted by molar-refractivity contribution is 7.88. The van der Waals surface area contributed by atoms with Gasteiger partial charge in [-0.2, -0.15) is 9.57 Å². The normalized spacial score (nSPS) is 20.0. The largest absolute Gasteiger partial charge is 0.301 e. The van der Waals surface area contributed by atoms with Crippen LogP contribution in [-0.2, 0) is 10.0 Å². The maximum atomic E-state index is 11.2. The SMILES string of the molecule is CS(=O)(=O)N1CCN(CCCC#N)CC1. The summed E-state index contributed by atoms with van der Waals surface area (Å²) in [4.78, 5) is 2.21. The van der Waals surface area contributed by atoms with Crippen LogP contribution in [-0.4, -0.2) is 56.6 Å². The Labute approximate surface area is 91.3 Å². The molecule has 0 aromatic carbocycles. The van der Waals surface area contributed by atoms with E-state index >= 15 is 0 Å². The molecule has 1 aliphatic heterocycles. The lowest BCUT2D eigenvalue weighted by Gasteiger charge is -2.32. The summed E-state index contributed by atoms with van der Waals surface area (Å²) in [6.07, 6.45) is 2.69. The van der Waals surface area contributed by atoms with Crippen LogP contribution in [0.4, 0.5) is 0 Å². The first-order chi connectivity index (χ1) is 7.04. The van der Waals surface area contributed by atoms with Crippen molar-refractivity contribution in [2.75, 3.05) is 39.0 Å². The molecule has 0 N–H and O–H groups in total. The van der Waals surface area contributed by atoms with Crippen molar-refractivity contribution in [2.24, 2.45) is 0 Å². The van der Waals surface area contributed by atoms with E-state index in [2.05, 4.69) is 11.0 Å². The van der Waals surface area contributed by atoms with Crippen molar-refractivity contribution in [3.63, 3.8) is 0 Å². The van der Waals surface area contributed by atoms with E-state index in [9.17, 15) is 8.42 Å². The molecule has 1 heterocycles. The molecule has 0 aromatic heterocycles. The minimum absolute atomic E-state index is 0.575. The molecule has 0 saturated carbocycles. The number of nitrogens with zero attached hydrogens (tertiary/aromatic N) is 3. The Hall–Kier alpha value is -0.640. The fraction of sp³-hybridized carbons (Fsp3) is 0.889. The monoisotopic (exact) mass is 231 g/mol. The van der Waals surface area contributed by atoms with Gasteiger partial charge in [-0.1, -0.05) is 0 Å². The topological polar surface area (TPSA) is 64.4 Å². The summed E-state index contributed by atoms with van der Waals surface area (Å²) in [5, 5.41) is 8.39. The molecule has 0 radical (unpaired) electrons. The smallest absolute Gasteiger partial charge is 0.211 e. The minimum Gasteiger partial charge on any atom is -0.301 e. The summed E-state index contributed by atoms with van der Waals surface area (Å²) in [5.41, 5.74) is 0. The Bertz CT molecular complexity index is 326. The van der Waals surface area contributed by atoms with Gasteiger partial charge in [-0.05, 0) is 13.0 Å². The van der Waals surface area contributed by atoms with Gasteiger partial charge in [-0.25, -0.2) is 8.42 Å². The van der Waals surface area contributed by atoms with E-state index < -0.39 is 10.0 Å². The van der Waals surface area contributed by atoms with Crippen molar-refractivity contribution >= 4 is 10.0 Å². The molecule has 1 fully saturated rings. The van der Waals surface area contributed by atoms with Crippen molar-refractivity contribution in [1.29, 1.82) is 5.26 Å². The van der Waals surface area contributed by atoms with Crippen molar-refractivity contribution in [2.45, 2.75) is 12.8 Å². The zero-order valence-corrected chi connectivity index (χ0v) is 9.83. The number of rotatable bonds is 4. The van der Waals surface area contributed by atoms with Crippen LogP contribution in [0.3, 0.4) is 0 Å². The van der Waals surface area contributed by atoms with Gasteiger partial charge in [-0.15, -0.1) is 0 Å². The van der Waals surface area contributed by atoms with Gasteiger partial charge in [0.05, 0.1) is 12.3 Å². The van der Waals surface area contributed by atoms with E-state index in [0.29, 0.717) is 19.5 Å². The average Bonchev–Trinajstić information content (AvgIpc) is 2.18. The number of piperazine rings is 1. The number of unbranched alkanes of at least 4 members (excludes halogenated alkanes) is 1. The van der Waals surface area contributed by atoms with Gasteiger partial charge in [0, 0.05) is 32.6 Å². The third-order valence-corrected chi connectivity index (χ3v) is 3.87. The molecule has 0 bridgehead atoms. The Morgan fingerprint density at radius 2 is 1.87 bits per heavy atom. The van der Waals surface area contributed by atoms with Crippen molar-refractivity contribution in [3.05, 3.63) is 0 Å². The first kappa shape index (κ1) is 12.4. The van der Waals surface area contributed by atoms with Crippen LogP contribution in [0.5, 0.6) is 0 Å². The highest BCUT2D eigenvalue weighted by atomic mass is 32.2. The standard InChI is InChI=1S/C9H17N3O2S/c1-15(13,14)12-8-6-11(7-9-12)5-3-2-4-10/h2-3,5-9H2,1H3. The average molecular weight is 231 g/mol. The number of hydrogen-bond donors (Lipinski definition) is 0. The lowest BCUT2D eigenvalue weighted by molar-refractivity contribution is 0.188. The van der Waals surface area contributed by atoms with E-state index in [1.807, 2.05) is 0 Å². The second-order valence-electron chi connectivity index (χ2n) is 3.77. The predicted octanol–water partition coefficient (Wildman–Crippen LogP) is -0.133. The molecule has 1 aliphatic rings. The van der Waals surface area contributed by atoms with Gasteiger partial charge in [0.25, 0.3) is 0 Å². The number of hydrogen-bond acceptors (Lipinski definition) is 4. The van der Waals surface area contributed by atoms with Gasteiger partial charge >= 0.3 is 0 Å². The van der Waals surface area contributed by atoms with Crippen LogP contribution >= 0.6 is 0 Å². The number of sulfonamides is 1. The maximum Gasteiger partial charge on any atom is 0.211 e. The lowest BCUT2D eigenvalue weighted by Crippen LogP contribution is -2.48. The quantitative estimate of drug-likeness (QED) is 0.632. The highest BCUT2D eigenvalue weighted by Crippen LogP contribution is 2.06. The predicted molar refractivity (Wildman–Crippen MR) is 57.7 cm³/mol. The molecular formula is C9H17N3O2S. The molecule has 1 rings (SSSR count). The molecule has 5 nitrogen and oxygen atoms in total. The summed E-state index contributed by atoms with van der Waals surface area (Å²) < 4.78 is 23.9. The van der Waals surface area contributed by atoms with Crippen LogP contribution < -0.4 is 0 Å². The molecule has 0 amide bonds. The first-order valence-corrected chi connectivity index (χ1v) is 6.93. The van der Waals surface area contributed by atoms with Crippen LogP contribution in [0.15, 0.2) is 0 Å². The van der Waals surface area contributed by atoms with Crippen LogP contribution in [0.2, 0.25) is 0 Å². The second-order valence-corrected chi connectivity index (χ2v) is 5.75. The third-order valence-electron chi connectivity index (χ3n) is 2.56. The fourth-order valence-electron chi connectivity index (χ4n) is 1.67. The zero-order valence-electron chi connectivity index (χ0n) is 9.02. The molecule has 1 saturated heterocycles. The van der Waals surface area contributed by atoms with Crippen molar-refractivity contribution in [1.82, 2.24) is 9.21 Å². The van der Waals surface area contributed by atoms with E-state index in [-0.39, 0.29) is 0 Å². The van der Waals surface area contributed by atoms with E-state index in [1.54, 1.807) is 0 Å². The van der Waals surface area contributed by atoms with Crippen molar-refractivity contribution in [3.8, 4) is 6.07 Å². The molecule has 86 valence electrons. The summed E-state index contributed by atoms with van der Waals surface area (Å²) >= 11 is 0. The second kappa shape index (κ2) is 5.45. The van der Waals surface area contributed by atoms with Gasteiger partial charge in [0.15, 0.2) is 0 Å². The summed E-state index contributed by atoms with van der Waals surface area (Å²) in [6.45, 7) is 3.60. The molecule has 15 heavy (non-hydrogen) atoms. The lowest BCUT2D eigenvalue weighted by atomic mass is 10.3. The van der Waals surface area contributed by atoms with Crippen LogP contribution in [0, 0.1) is 11.3 Å². The van der Waals surface area contributed by atoms with E-state index in [4.69, 9.17) is 5.26 Å². The van der Waals surface area contributed by atoms with Crippen LogP contribution in [0.25, 0.3) is 0 Å². The Kier molecular flexibility index (Phi) is 4.51. The summed E-state index contributed by atoms with van der Waals surface area (Å²) in [6, 6.07) is 2.11. The van der Waals surface area contributed by atoms with Crippen molar-refractivity contribution < 1.29 is 8.42 Å². The molecule has 6 heteroatoms.